The lowest BCUT2D eigenvalue weighted by molar-refractivity contribution is -0.129. The number of methoxy groups -OCH3 is 1. The number of carbonyl (C=O) groups excluding carboxylic acids is 1. The van der Waals surface area contributed by atoms with Gasteiger partial charge in [0.25, 0.3) is 0 Å². The first kappa shape index (κ1) is 15.4. The highest BCUT2D eigenvalue weighted by atomic mass is 16.5. The molecule has 1 amide bonds. The van der Waals surface area contributed by atoms with Crippen molar-refractivity contribution in [1.82, 2.24) is 10.2 Å². The van der Waals surface area contributed by atoms with Gasteiger partial charge in [0.05, 0.1) is 5.60 Å². The van der Waals surface area contributed by atoms with Crippen molar-refractivity contribution >= 4 is 5.91 Å². The maximum Gasteiger partial charge on any atom is 0.219 e. The fraction of sp³-hybridized carbons (Fsp3) is 0.923. The largest absolute Gasteiger partial charge is 0.389 e. The summed E-state index contributed by atoms with van der Waals surface area (Å²) in [5, 5.41) is 13.5. The maximum atomic E-state index is 11.2. The molecular formula is C13H26N2O3. The van der Waals surface area contributed by atoms with Crippen molar-refractivity contribution in [3.05, 3.63) is 0 Å². The molecule has 1 heterocycles. The highest BCUT2D eigenvalue weighted by molar-refractivity contribution is 5.73. The summed E-state index contributed by atoms with van der Waals surface area (Å²) in [4.78, 5) is 13.1. The van der Waals surface area contributed by atoms with Crippen LogP contribution in [0.15, 0.2) is 0 Å². The molecule has 18 heavy (non-hydrogen) atoms. The smallest absolute Gasteiger partial charge is 0.219 e. The van der Waals surface area contributed by atoms with E-state index in [0.29, 0.717) is 25.6 Å². The van der Waals surface area contributed by atoms with Crippen LogP contribution in [0.2, 0.25) is 0 Å². The molecule has 1 saturated heterocycles. The Morgan fingerprint density at radius 1 is 1.50 bits per heavy atom. The Morgan fingerprint density at radius 2 is 2.11 bits per heavy atom. The highest BCUT2D eigenvalue weighted by Gasteiger charge is 2.24. The molecule has 0 aliphatic carbocycles. The lowest BCUT2D eigenvalue weighted by Crippen LogP contribution is -2.48. The third kappa shape index (κ3) is 5.33. The molecule has 5 heteroatoms. The number of aliphatic hydroxyl groups is 1. The molecule has 2 N–H and O–H groups in total. The van der Waals surface area contributed by atoms with E-state index in [9.17, 15) is 9.90 Å². The summed E-state index contributed by atoms with van der Waals surface area (Å²) in [5.74, 6) is 0.153. The van der Waals surface area contributed by atoms with E-state index in [0.717, 1.165) is 25.9 Å². The Labute approximate surface area is 109 Å². The van der Waals surface area contributed by atoms with Crippen molar-refractivity contribution < 1.29 is 14.6 Å². The zero-order valence-corrected chi connectivity index (χ0v) is 11.7. The van der Waals surface area contributed by atoms with Gasteiger partial charge in [0.15, 0.2) is 0 Å². The number of likely N-dealkylation sites (tertiary alicyclic amines) is 1. The minimum Gasteiger partial charge on any atom is -0.389 e. The first-order valence-electron chi connectivity index (χ1n) is 6.65. The molecule has 1 atom stereocenters. The summed E-state index contributed by atoms with van der Waals surface area (Å²) < 4.78 is 4.98. The molecule has 0 radical (unpaired) electrons. The molecule has 0 aromatic carbocycles. The van der Waals surface area contributed by atoms with E-state index in [1.165, 1.54) is 0 Å². The number of carbonyl (C=O) groups is 1. The fourth-order valence-electron chi connectivity index (χ4n) is 2.17. The van der Waals surface area contributed by atoms with Gasteiger partial charge in [-0.3, -0.25) is 4.79 Å². The van der Waals surface area contributed by atoms with E-state index in [2.05, 4.69) is 5.32 Å². The summed E-state index contributed by atoms with van der Waals surface area (Å²) in [6.07, 6.45) is 2.54. The van der Waals surface area contributed by atoms with Crippen molar-refractivity contribution in [3.63, 3.8) is 0 Å². The van der Waals surface area contributed by atoms with Crippen LogP contribution in [0, 0.1) is 0 Å². The first-order valence-corrected chi connectivity index (χ1v) is 6.65. The number of amides is 1. The lowest BCUT2D eigenvalue weighted by Gasteiger charge is -2.34. The Morgan fingerprint density at radius 3 is 2.61 bits per heavy atom. The minimum atomic E-state index is -0.728. The van der Waals surface area contributed by atoms with E-state index < -0.39 is 5.60 Å². The number of rotatable bonds is 6. The molecular weight excluding hydrogens is 232 g/mol. The van der Waals surface area contributed by atoms with Gasteiger partial charge in [-0.15, -0.1) is 0 Å². The van der Waals surface area contributed by atoms with Gasteiger partial charge < -0.3 is 20.1 Å². The topological polar surface area (TPSA) is 61.8 Å². The number of piperidine rings is 1. The second-order valence-corrected chi connectivity index (χ2v) is 5.40. The van der Waals surface area contributed by atoms with Crippen LogP contribution in [-0.4, -0.2) is 60.9 Å². The van der Waals surface area contributed by atoms with Crippen molar-refractivity contribution in [2.24, 2.45) is 0 Å². The van der Waals surface area contributed by atoms with Gasteiger partial charge in [-0.2, -0.15) is 0 Å². The van der Waals surface area contributed by atoms with Gasteiger partial charge in [0.2, 0.25) is 5.91 Å². The Kier molecular flexibility index (Phi) is 6.05. The van der Waals surface area contributed by atoms with Crippen molar-refractivity contribution in [2.45, 2.75) is 44.8 Å². The van der Waals surface area contributed by atoms with Crippen LogP contribution < -0.4 is 5.32 Å². The number of nitrogens with zero attached hydrogens (tertiary/aromatic N) is 1. The fourth-order valence-corrected chi connectivity index (χ4v) is 2.17. The molecule has 0 aromatic rings. The van der Waals surface area contributed by atoms with Crippen LogP contribution in [0.3, 0.4) is 0 Å². The van der Waals surface area contributed by atoms with Gasteiger partial charge in [0.1, 0.15) is 0 Å². The van der Waals surface area contributed by atoms with Gasteiger partial charge in [-0.1, -0.05) is 0 Å². The quantitative estimate of drug-likeness (QED) is 0.723. The van der Waals surface area contributed by atoms with E-state index in [1.807, 2.05) is 11.8 Å². The third-order valence-corrected chi connectivity index (χ3v) is 3.56. The average molecular weight is 258 g/mol. The van der Waals surface area contributed by atoms with Crippen LogP contribution in [0.1, 0.15) is 33.1 Å². The summed E-state index contributed by atoms with van der Waals surface area (Å²) in [7, 11) is 1.64. The summed E-state index contributed by atoms with van der Waals surface area (Å²) in [5.41, 5.74) is -0.728. The first-order chi connectivity index (χ1) is 8.44. The standard InChI is InChI=1S/C13H26N2O3/c1-11(16)15-7-4-12(5-8-15)14-10-13(2,17)6-9-18-3/h12,14,17H,4-10H2,1-3H3. The normalized spacial score (nSPS) is 20.8. The Bertz CT molecular complexity index is 261. The van der Waals surface area contributed by atoms with Crippen LogP contribution >= 0.6 is 0 Å². The monoisotopic (exact) mass is 258 g/mol. The molecule has 0 saturated carbocycles. The zero-order chi connectivity index (χ0) is 13.6. The van der Waals surface area contributed by atoms with Gasteiger partial charge >= 0.3 is 0 Å². The summed E-state index contributed by atoms with van der Waals surface area (Å²) in [6, 6.07) is 0.398. The molecule has 5 nitrogen and oxygen atoms in total. The Hall–Kier alpha value is -0.650. The van der Waals surface area contributed by atoms with E-state index in [-0.39, 0.29) is 5.91 Å². The number of hydrogen-bond donors (Lipinski definition) is 2. The zero-order valence-electron chi connectivity index (χ0n) is 11.7. The maximum absolute atomic E-state index is 11.2. The van der Waals surface area contributed by atoms with Gasteiger partial charge in [-0.25, -0.2) is 0 Å². The van der Waals surface area contributed by atoms with Crippen LogP contribution in [0.25, 0.3) is 0 Å². The predicted octanol–water partition coefficient (Wildman–Crippen LogP) is 0.374. The molecule has 1 aliphatic rings. The second kappa shape index (κ2) is 7.07. The molecule has 0 aromatic heterocycles. The Balaban J connectivity index is 2.23. The summed E-state index contributed by atoms with van der Waals surface area (Å²) in [6.45, 7) is 6.20. The van der Waals surface area contributed by atoms with Gasteiger partial charge in [-0.05, 0) is 19.8 Å². The SMILES string of the molecule is COCCC(C)(O)CNC1CCN(C(C)=O)CC1. The van der Waals surface area contributed by atoms with Crippen molar-refractivity contribution in [1.29, 1.82) is 0 Å². The number of ether oxygens (including phenoxy) is 1. The van der Waals surface area contributed by atoms with Crippen molar-refractivity contribution in [2.75, 3.05) is 33.4 Å². The van der Waals surface area contributed by atoms with Gasteiger partial charge in [0, 0.05) is 52.7 Å². The molecule has 1 aliphatic heterocycles. The van der Waals surface area contributed by atoms with Crippen LogP contribution in [-0.2, 0) is 9.53 Å². The highest BCUT2D eigenvalue weighted by Crippen LogP contribution is 2.13. The molecule has 0 spiro atoms. The van der Waals surface area contributed by atoms with E-state index >= 15 is 0 Å². The van der Waals surface area contributed by atoms with E-state index in [1.54, 1.807) is 14.0 Å². The lowest BCUT2D eigenvalue weighted by atomic mass is 10.00. The average Bonchev–Trinajstić information content (AvgIpc) is 2.35. The number of hydrogen-bond acceptors (Lipinski definition) is 4. The van der Waals surface area contributed by atoms with Crippen LogP contribution in [0.4, 0.5) is 0 Å². The minimum absolute atomic E-state index is 0.153. The molecule has 0 bridgehead atoms. The molecule has 1 unspecified atom stereocenters. The number of nitrogens with one attached hydrogen (secondary N) is 1. The second-order valence-electron chi connectivity index (χ2n) is 5.40. The molecule has 106 valence electrons. The summed E-state index contributed by atoms with van der Waals surface area (Å²) >= 11 is 0. The molecule has 1 fully saturated rings. The van der Waals surface area contributed by atoms with Crippen molar-refractivity contribution in [3.8, 4) is 0 Å². The molecule has 1 rings (SSSR count). The predicted molar refractivity (Wildman–Crippen MR) is 70.4 cm³/mol. The third-order valence-electron chi connectivity index (χ3n) is 3.56. The van der Waals surface area contributed by atoms with E-state index in [4.69, 9.17) is 4.74 Å². The van der Waals surface area contributed by atoms with Crippen LogP contribution in [0.5, 0.6) is 0 Å².